The molecule has 1 fully saturated rings. The van der Waals surface area contributed by atoms with Gasteiger partial charge in [-0.3, -0.25) is 4.79 Å². The maximum Gasteiger partial charge on any atom is 0.255 e. The summed E-state index contributed by atoms with van der Waals surface area (Å²) in [5.74, 6) is 1.05. The molecule has 1 saturated carbocycles. The van der Waals surface area contributed by atoms with Crippen LogP contribution in [0.3, 0.4) is 0 Å². The summed E-state index contributed by atoms with van der Waals surface area (Å²) >= 11 is 6.05. The lowest BCUT2D eigenvalue weighted by Gasteiger charge is -2.45. The Morgan fingerprint density at radius 3 is 2.60 bits per heavy atom. The second-order valence-electron chi connectivity index (χ2n) is 7.38. The van der Waals surface area contributed by atoms with Crippen LogP contribution in [-0.4, -0.2) is 44.1 Å². The van der Waals surface area contributed by atoms with Gasteiger partial charge in [0.1, 0.15) is 5.75 Å². The number of benzene rings is 1. The lowest BCUT2D eigenvalue weighted by molar-refractivity contribution is 0.0715. The van der Waals surface area contributed by atoms with E-state index in [0.717, 1.165) is 12.3 Å². The number of halogens is 1. The number of nitrogens with zero attached hydrogens (tertiary/aromatic N) is 1. The molecule has 0 aromatic heterocycles. The van der Waals surface area contributed by atoms with Gasteiger partial charge in [-0.1, -0.05) is 18.5 Å². The molecule has 0 unspecified atom stereocenters. The van der Waals surface area contributed by atoms with Crippen LogP contribution in [0.25, 0.3) is 0 Å². The largest absolute Gasteiger partial charge is 0.496 e. The third-order valence-corrected chi connectivity index (χ3v) is 5.92. The summed E-state index contributed by atoms with van der Waals surface area (Å²) < 4.78 is 5.26. The molecule has 0 aliphatic heterocycles. The topological polar surface area (TPSA) is 67.6 Å². The number of rotatable bonds is 6. The summed E-state index contributed by atoms with van der Waals surface area (Å²) in [5.41, 5.74) is 6.76. The minimum absolute atomic E-state index is 0.169. The molecular formula is C19H30ClN3O2. The standard InChI is InChI=1S/C19H30ClN3O2/c1-13-5-7-19(8-6-13,23(2)3)9-10-22-18(24)14-11-15(20)16(21)12-17(14)25-4/h11-13H,5-10,21H2,1-4H3,(H,22,24). The molecule has 3 N–H and O–H groups in total. The van der Waals surface area contributed by atoms with Crippen LogP contribution < -0.4 is 15.8 Å². The highest BCUT2D eigenvalue weighted by atomic mass is 35.5. The summed E-state index contributed by atoms with van der Waals surface area (Å²) in [6, 6.07) is 3.15. The fourth-order valence-corrected chi connectivity index (χ4v) is 3.80. The number of amides is 1. The summed E-state index contributed by atoms with van der Waals surface area (Å²) in [7, 11) is 5.80. The van der Waals surface area contributed by atoms with Crippen molar-refractivity contribution in [3.05, 3.63) is 22.7 Å². The Labute approximate surface area is 155 Å². The lowest BCUT2D eigenvalue weighted by Crippen LogP contribution is -2.48. The van der Waals surface area contributed by atoms with Gasteiger partial charge in [0.25, 0.3) is 5.91 Å². The number of hydrogen-bond donors (Lipinski definition) is 2. The molecule has 0 atom stereocenters. The van der Waals surface area contributed by atoms with Crippen LogP contribution in [0.4, 0.5) is 5.69 Å². The van der Waals surface area contributed by atoms with Gasteiger partial charge in [-0.2, -0.15) is 0 Å². The van der Waals surface area contributed by atoms with Crippen molar-refractivity contribution in [2.75, 3.05) is 33.5 Å². The number of anilines is 1. The van der Waals surface area contributed by atoms with Gasteiger partial charge in [0.05, 0.1) is 23.4 Å². The molecule has 140 valence electrons. The van der Waals surface area contributed by atoms with E-state index in [1.807, 2.05) is 0 Å². The maximum atomic E-state index is 12.6. The summed E-state index contributed by atoms with van der Waals surface area (Å²) in [5, 5.41) is 3.37. The first-order valence-electron chi connectivity index (χ1n) is 8.87. The van der Waals surface area contributed by atoms with E-state index in [-0.39, 0.29) is 11.4 Å². The Hall–Kier alpha value is -1.46. The Bertz CT molecular complexity index is 611. The fourth-order valence-electron chi connectivity index (χ4n) is 3.64. The highest BCUT2D eigenvalue weighted by molar-refractivity contribution is 6.33. The average molecular weight is 368 g/mol. The molecule has 0 spiro atoms. The summed E-state index contributed by atoms with van der Waals surface area (Å²) in [6.07, 6.45) is 5.77. The molecule has 0 bridgehead atoms. The average Bonchev–Trinajstić information content (AvgIpc) is 2.58. The number of hydrogen-bond acceptors (Lipinski definition) is 4. The van der Waals surface area contributed by atoms with Gasteiger partial charge >= 0.3 is 0 Å². The minimum atomic E-state index is -0.183. The molecule has 25 heavy (non-hydrogen) atoms. The normalized spacial score (nSPS) is 23.5. The fraction of sp³-hybridized carbons (Fsp3) is 0.632. The smallest absolute Gasteiger partial charge is 0.255 e. The zero-order valence-corrected chi connectivity index (χ0v) is 16.4. The van der Waals surface area contributed by atoms with Crippen LogP contribution in [0.5, 0.6) is 5.75 Å². The van der Waals surface area contributed by atoms with E-state index in [2.05, 4.69) is 31.2 Å². The molecule has 2 rings (SSSR count). The van der Waals surface area contributed by atoms with E-state index in [1.165, 1.54) is 32.8 Å². The van der Waals surface area contributed by atoms with Crippen molar-refractivity contribution in [3.8, 4) is 5.75 Å². The number of methoxy groups -OCH3 is 1. The predicted octanol–water partition coefficient (Wildman–Crippen LogP) is 3.56. The van der Waals surface area contributed by atoms with Crippen molar-refractivity contribution in [1.29, 1.82) is 0 Å². The second-order valence-corrected chi connectivity index (χ2v) is 7.79. The Morgan fingerprint density at radius 2 is 2.04 bits per heavy atom. The molecular weight excluding hydrogens is 338 g/mol. The van der Waals surface area contributed by atoms with Crippen molar-refractivity contribution in [2.45, 2.75) is 44.6 Å². The summed E-state index contributed by atoms with van der Waals surface area (Å²) in [6.45, 7) is 2.94. The van der Waals surface area contributed by atoms with E-state index in [4.69, 9.17) is 22.1 Å². The Kier molecular flexibility index (Phi) is 6.58. The molecule has 0 saturated heterocycles. The molecule has 1 amide bonds. The molecule has 0 radical (unpaired) electrons. The second kappa shape index (κ2) is 8.28. The van der Waals surface area contributed by atoms with Gasteiger partial charge in [-0.25, -0.2) is 0 Å². The number of ether oxygens (including phenoxy) is 1. The van der Waals surface area contributed by atoms with Crippen LogP contribution in [0, 0.1) is 5.92 Å². The minimum Gasteiger partial charge on any atom is -0.496 e. The van der Waals surface area contributed by atoms with Crippen LogP contribution in [-0.2, 0) is 0 Å². The van der Waals surface area contributed by atoms with E-state index in [9.17, 15) is 4.79 Å². The third kappa shape index (κ3) is 4.59. The third-order valence-electron chi connectivity index (χ3n) is 5.59. The zero-order chi connectivity index (χ0) is 18.6. The van der Waals surface area contributed by atoms with Gasteiger partial charge in [0.15, 0.2) is 0 Å². The first-order chi connectivity index (χ1) is 11.8. The highest BCUT2D eigenvalue weighted by Gasteiger charge is 2.35. The van der Waals surface area contributed by atoms with E-state index >= 15 is 0 Å². The molecule has 1 aromatic carbocycles. The highest BCUT2D eigenvalue weighted by Crippen LogP contribution is 2.37. The molecule has 1 aromatic rings. The van der Waals surface area contributed by atoms with Gasteiger partial charge in [-0.15, -0.1) is 0 Å². The monoisotopic (exact) mass is 367 g/mol. The van der Waals surface area contributed by atoms with Crippen LogP contribution in [0.15, 0.2) is 12.1 Å². The maximum absolute atomic E-state index is 12.6. The van der Waals surface area contributed by atoms with Crippen molar-refractivity contribution in [3.63, 3.8) is 0 Å². The molecule has 0 heterocycles. The number of nitrogens with one attached hydrogen (secondary N) is 1. The van der Waals surface area contributed by atoms with Gasteiger partial charge in [-0.05, 0) is 58.2 Å². The Balaban J connectivity index is 2.01. The SMILES string of the molecule is COc1cc(N)c(Cl)cc1C(=O)NCCC1(N(C)C)CCC(C)CC1. The van der Waals surface area contributed by atoms with E-state index in [1.54, 1.807) is 12.1 Å². The van der Waals surface area contributed by atoms with Crippen LogP contribution in [0.1, 0.15) is 49.4 Å². The number of carbonyl (C=O) groups excluding carboxylic acids is 1. The zero-order valence-electron chi connectivity index (χ0n) is 15.7. The van der Waals surface area contributed by atoms with Crippen molar-refractivity contribution in [2.24, 2.45) is 5.92 Å². The van der Waals surface area contributed by atoms with Crippen molar-refractivity contribution in [1.82, 2.24) is 10.2 Å². The van der Waals surface area contributed by atoms with Crippen LogP contribution in [0.2, 0.25) is 5.02 Å². The predicted molar refractivity (Wildman–Crippen MR) is 103 cm³/mol. The molecule has 6 heteroatoms. The van der Waals surface area contributed by atoms with Crippen molar-refractivity contribution >= 4 is 23.2 Å². The molecule has 1 aliphatic rings. The van der Waals surface area contributed by atoms with Gasteiger partial charge in [0.2, 0.25) is 0 Å². The molecule has 5 nitrogen and oxygen atoms in total. The first-order valence-corrected chi connectivity index (χ1v) is 9.25. The number of nitrogen functional groups attached to an aromatic ring is 1. The lowest BCUT2D eigenvalue weighted by atomic mass is 9.74. The first kappa shape index (κ1) is 19.9. The quantitative estimate of drug-likeness (QED) is 0.754. The van der Waals surface area contributed by atoms with Crippen LogP contribution >= 0.6 is 11.6 Å². The van der Waals surface area contributed by atoms with E-state index in [0.29, 0.717) is 28.6 Å². The Morgan fingerprint density at radius 1 is 1.40 bits per heavy atom. The van der Waals surface area contributed by atoms with Crippen molar-refractivity contribution < 1.29 is 9.53 Å². The number of carbonyl (C=O) groups is 1. The van der Waals surface area contributed by atoms with Gasteiger partial charge < -0.3 is 20.7 Å². The summed E-state index contributed by atoms with van der Waals surface area (Å²) in [4.78, 5) is 14.9. The van der Waals surface area contributed by atoms with Gasteiger partial charge in [0, 0.05) is 18.2 Å². The number of nitrogens with two attached hydrogens (primary N) is 1. The molecule has 1 aliphatic carbocycles. The van der Waals surface area contributed by atoms with E-state index < -0.39 is 0 Å².